The molecule has 2 heterocycles. The van der Waals surface area contributed by atoms with E-state index in [9.17, 15) is 4.79 Å². The summed E-state index contributed by atoms with van der Waals surface area (Å²) >= 11 is 12.4. The minimum atomic E-state index is -0.0808. The minimum Gasteiger partial charge on any atom is -0.316 e. The molecule has 3 rings (SSSR count). The molecule has 1 aliphatic rings. The molecule has 1 fully saturated rings. The van der Waals surface area contributed by atoms with Crippen LogP contribution in [0.4, 0.5) is 0 Å². The monoisotopic (exact) mass is 406 g/mol. The van der Waals surface area contributed by atoms with Crippen LogP contribution in [0.3, 0.4) is 0 Å². The zero-order chi connectivity index (χ0) is 19.4. The molecule has 0 spiro atoms. The summed E-state index contributed by atoms with van der Waals surface area (Å²) in [5.41, 5.74) is 6.44. The number of carbonyl (C=O) groups is 1. The highest BCUT2D eigenvalue weighted by molar-refractivity contribution is 6.35. The molecule has 0 aliphatic carbocycles. The lowest BCUT2D eigenvalue weighted by Gasteiger charge is -2.25. The fourth-order valence-corrected chi connectivity index (χ4v) is 3.97. The molecule has 2 aromatic rings. The van der Waals surface area contributed by atoms with Gasteiger partial charge in [-0.15, -0.1) is 0 Å². The molecule has 0 atom stereocenters. The summed E-state index contributed by atoms with van der Waals surface area (Å²) in [4.78, 5) is 14.2. The number of aryl methyl sites for hydroxylation is 1. The van der Waals surface area contributed by atoms with Gasteiger partial charge in [-0.3, -0.25) is 9.69 Å². The molecule has 144 valence electrons. The van der Waals surface area contributed by atoms with Crippen LogP contribution in [-0.2, 0) is 4.79 Å². The van der Waals surface area contributed by atoms with Gasteiger partial charge in [0.1, 0.15) is 0 Å². The van der Waals surface area contributed by atoms with E-state index in [-0.39, 0.29) is 5.91 Å². The van der Waals surface area contributed by atoms with Crippen molar-refractivity contribution in [3.05, 3.63) is 51.3 Å². The van der Waals surface area contributed by atoms with Gasteiger partial charge in [0.2, 0.25) is 0 Å². The molecule has 7 heteroatoms. The molecule has 1 saturated heterocycles. The molecule has 0 radical (unpaired) electrons. The van der Waals surface area contributed by atoms with Crippen LogP contribution >= 0.6 is 23.2 Å². The van der Waals surface area contributed by atoms with Gasteiger partial charge in [0, 0.05) is 22.0 Å². The van der Waals surface area contributed by atoms with E-state index in [2.05, 4.69) is 20.0 Å². The summed E-state index contributed by atoms with van der Waals surface area (Å²) < 4.78 is 2.05. The first-order chi connectivity index (χ1) is 13.0. The van der Waals surface area contributed by atoms with Crippen LogP contribution in [0.5, 0.6) is 0 Å². The number of aromatic nitrogens is 1. The Balaban J connectivity index is 1.69. The van der Waals surface area contributed by atoms with Crippen molar-refractivity contribution in [2.24, 2.45) is 5.10 Å². The summed E-state index contributed by atoms with van der Waals surface area (Å²) in [6.45, 7) is 6.37. The van der Waals surface area contributed by atoms with Crippen molar-refractivity contribution in [3.63, 3.8) is 0 Å². The van der Waals surface area contributed by atoms with Crippen molar-refractivity contribution in [1.29, 1.82) is 0 Å². The lowest BCUT2D eigenvalue weighted by atomic mass is 10.1. The third-order valence-electron chi connectivity index (χ3n) is 4.83. The SMILES string of the molecule is Cc1cc(/C=N\NC(=O)CN2CCCCC2)c(C)n1-c1ccc(Cl)cc1Cl. The van der Waals surface area contributed by atoms with Crippen molar-refractivity contribution in [2.75, 3.05) is 19.6 Å². The highest BCUT2D eigenvalue weighted by atomic mass is 35.5. The number of hydrazone groups is 1. The van der Waals surface area contributed by atoms with Crippen LogP contribution in [0.1, 0.15) is 36.2 Å². The third kappa shape index (κ3) is 4.92. The normalized spacial score (nSPS) is 15.4. The number of nitrogens with one attached hydrogen (secondary N) is 1. The number of piperidine rings is 1. The number of amides is 1. The number of benzene rings is 1. The van der Waals surface area contributed by atoms with E-state index in [4.69, 9.17) is 23.2 Å². The van der Waals surface area contributed by atoms with Gasteiger partial charge in [-0.1, -0.05) is 29.6 Å². The third-order valence-corrected chi connectivity index (χ3v) is 5.37. The van der Waals surface area contributed by atoms with Crippen molar-refractivity contribution in [3.8, 4) is 5.69 Å². The summed E-state index contributed by atoms with van der Waals surface area (Å²) in [5.74, 6) is -0.0808. The van der Waals surface area contributed by atoms with Crippen molar-refractivity contribution in [1.82, 2.24) is 14.9 Å². The lowest BCUT2D eigenvalue weighted by molar-refractivity contribution is -0.122. The van der Waals surface area contributed by atoms with E-state index in [1.165, 1.54) is 6.42 Å². The second-order valence-corrected chi connectivity index (χ2v) is 7.73. The lowest BCUT2D eigenvalue weighted by Crippen LogP contribution is -2.38. The van der Waals surface area contributed by atoms with Gasteiger partial charge in [-0.2, -0.15) is 5.10 Å². The van der Waals surface area contributed by atoms with E-state index in [0.717, 1.165) is 48.6 Å². The molecule has 27 heavy (non-hydrogen) atoms. The first kappa shape index (κ1) is 19.9. The molecule has 5 nitrogen and oxygen atoms in total. The van der Waals surface area contributed by atoms with Crippen molar-refractivity contribution >= 4 is 35.3 Å². The van der Waals surface area contributed by atoms with Gasteiger partial charge in [-0.25, -0.2) is 5.43 Å². The van der Waals surface area contributed by atoms with Gasteiger partial charge >= 0.3 is 0 Å². The Morgan fingerprint density at radius 1 is 1.19 bits per heavy atom. The summed E-state index contributed by atoms with van der Waals surface area (Å²) in [5, 5.41) is 5.32. The predicted octanol–water partition coefficient (Wildman–Crippen LogP) is 4.34. The van der Waals surface area contributed by atoms with E-state index in [1.807, 2.05) is 32.0 Å². The zero-order valence-corrected chi connectivity index (χ0v) is 17.1. The van der Waals surface area contributed by atoms with Gasteiger partial charge < -0.3 is 4.57 Å². The maximum Gasteiger partial charge on any atom is 0.254 e. The van der Waals surface area contributed by atoms with Gasteiger partial charge in [0.05, 0.1) is 23.5 Å². The summed E-state index contributed by atoms with van der Waals surface area (Å²) in [6.07, 6.45) is 5.26. The van der Waals surface area contributed by atoms with Crippen LogP contribution in [0.15, 0.2) is 29.4 Å². The largest absolute Gasteiger partial charge is 0.316 e. The zero-order valence-electron chi connectivity index (χ0n) is 15.6. The Morgan fingerprint density at radius 3 is 2.63 bits per heavy atom. The summed E-state index contributed by atoms with van der Waals surface area (Å²) in [7, 11) is 0. The molecule has 0 bridgehead atoms. The molecule has 1 aromatic carbocycles. The molecule has 0 unspecified atom stereocenters. The molecule has 1 amide bonds. The van der Waals surface area contributed by atoms with Crippen LogP contribution in [0, 0.1) is 13.8 Å². The van der Waals surface area contributed by atoms with Crippen LogP contribution in [0.25, 0.3) is 5.69 Å². The second kappa shape index (κ2) is 8.91. The van der Waals surface area contributed by atoms with E-state index in [0.29, 0.717) is 16.6 Å². The van der Waals surface area contributed by atoms with Crippen LogP contribution < -0.4 is 5.43 Å². The number of hydrogen-bond acceptors (Lipinski definition) is 3. The van der Waals surface area contributed by atoms with Crippen molar-refractivity contribution < 1.29 is 4.79 Å². The van der Waals surface area contributed by atoms with Crippen LogP contribution in [-0.4, -0.2) is 41.2 Å². The first-order valence-corrected chi connectivity index (χ1v) is 9.90. The van der Waals surface area contributed by atoms with Gasteiger partial charge in [0.25, 0.3) is 5.91 Å². The van der Waals surface area contributed by atoms with Crippen LogP contribution in [0.2, 0.25) is 10.0 Å². The molecular weight excluding hydrogens is 383 g/mol. The number of likely N-dealkylation sites (tertiary alicyclic amines) is 1. The number of carbonyl (C=O) groups excluding carboxylic acids is 1. The van der Waals surface area contributed by atoms with E-state index >= 15 is 0 Å². The minimum absolute atomic E-state index is 0.0808. The topological polar surface area (TPSA) is 49.6 Å². The second-order valence-electron chi connectivity index (χ2n) is 6.89. The molecular formula is C20H24Cl2N4O. The number of rotatable bonds is 5. The highest BCUT2D eigenvalue weighted by Gasteiger charge is 2.14. The summed E-state index contributed by atoms with van der Waals surface area (Å²) in [6, 6.07) is 7.45. The highest BCUT2D eigenvalue weighted by Crippen LogP contribution is 2.28. The number of hydrogen-bond donors (Lipinski definition) is 1. The average Bonchev–Trinajstić information content (AvgIpc) is 2.90. The van der Waals surface area contributed by atoms with E-state index < -0.39 is 0 Å². The van der Waals surface area contributed by atoms with Gasteiger partial charge in [-0.05, 0) is 64.0 Å². The smallest absolute Gasteiger partial charge is 0.254 e. The van der Waals surface area contributed by atoms with E-state index in [1.54, 1.807) is 12.3 Å². The molecule has 1 aliphatic heterocycles. The number of halogens is 2. The van der Waals surface area contributed by atoms with Crippen molar-refractivity contribution in [2.45, 2.75) is 33.1 Å². The fourth-order valence-electron chi connectivity index (χ4n) is 3.48. The number of nitrogens with zero attached hydrogens (tertiary/aromatic N) is 3. The maximum absolute atomic E-state index is 12.1. The average molecular weight is 407 g/mol. The fraction of sp³-hybridized carbons (Fsp3) is 0.400. The predicted molar refractivity (Wildman–Crippen MR) is 111 cm³/mol. The maximum atomic E-state index is 12.1. The first-order valence-electron chi connectivity index (χ1n) is 9.14. The van der Waals surface area contributed by atoms with Gasteiger partial charge in [0.15, 0.2) is 0 Å². The molecule has 0 saturated carbocycles. The molecule has 1 aromatic heterocycles. The Morgan fingerprint density at radius 2 is 1.93 bits per heavy atom. The molecule has 1 N–H and O–H groups in total. The Kier molecular flexibility index (Phi) is 6.58. The Labute approximate surface area is 169 Å². The Hall–Kier alpha value is -1.82. The standard InChI is InChI=1S/C20H24Cl2N4O/c1-14-10-16(12-23-24-20(27)13-25-8-4-3-5-9-25)15(2)26(14)19-7-6-17(21)11-18(19)22/h6-7,10-12H,3-5,8-9,13H2,1-2H3,(H,24,27)/b23-12-. The quantitative estimate of drug-likeness (QED) is 0.592. The Bertz CT molecular complexity index is 854.